The molecule has 0 aliphatic carbocycles. The number of nitrogens with zero attached hydrogens (tertiary/aromatic N) is 3. The van der Waals surface area contributed by atoms with Gasteiger partial charge in [0.05, 0.1) is 6.54 Å². The van der Waals surface area contributed by atoms with E-state index in [0.717, 1.165) is 42.7 Å². The van der Waals surface area contributed by atoms with Crippen LogP contribution in [0.4, 0.5) is 0 Å². The van der Waals surface area contributed by atoms with Gasteiger partial charge in [-0.1, -0.05) is 0 Å². The Labute approximate surface area is 165 Å². The number of aryl methyl sites for hydroxylation is 1. The fourth-order valence-corrected chi connectivity index (χ4v) is 3.42. The van der Waals surface area contributed by atoms with Gasteiger partial charge in [-0.25, -0.2) is 0 Å². The van der Waals surface area contributed by atoms with Crippen LogP contribution in [0.5, 0.6) is 0 Å². The molecule has 0 radical (unpaired) electrons. The molecule has 2 rings (SSSR count). The summed E-state index contributed by atoms with van der Waals surface area (Å²) < 4.78 is 8.65. The molecule has 0 spiro atoms. The molecule has 1 aliphatic heterocycles. The van der Waals surface area contributed by atoms with Gasteiger partial charge >= 0.3 is 0 Å². The maximum atomic E-state index is 5.41. The summed E-state index contributed by atoms with van der Waals surface area (Å²) >= 11 is 3.52. The molecule has 1 saturated heterocycles. The van der Waals surface area contributed by atoms with Crippen molar-refractivity contribution in [2.45, 2.75) is 25.8 Å². The minimum absolute atomic E-state index is 0. The lowest BCUT2D eigenvalue weighted by atomic mass is 9.97. The third kappa shape index (κ3) is 6.62. The molecule has 5 nitrogen and oxygen atoms in total. The number of hydrogen-bond donors (Lipinski definition) is 1. The molecule has 0 unspecified atom stereocenters. The third-order valence-corrected chi connectivity index (χ3v) is 4.66. The Balaban J connectivity index is 0.00000264. The van der Waals surface area contributed by atoms with Gasteiger partial charge in [0, 0.05) is 57.3 Å². The lowest BCUT2D eigenvalue weighted by Crippen LogP contribution is -2.39. The van der Waals surface area contributed by atoms with E-state index in [1.165, 1.54) is 25.0 Å². The predicted octanol–water partition coefficient (Wildman–Crippen LogP) is 3.23. The topological polar surface area (TPSA) is 41.8 Å². The van der Waals surface area contributed by atoms with Crippen molar-refractivity contribution in [3.8, 4) is 0 Å². The molecule has 0 aromatic carbocycles. The van der Waals surface area contributed by atoms with Crippen LogP contribution in [0, 0.1) is 5.92 Å². The number of hydrogen-bond acceptors (Lipinski definition) is 2. The van der Waals surface area contributed by atoms with Crippen LogP contribution in [-0.4, -0.2) is 49.3 Å². The van der Waals surface area contributed by atoms with E-state index < -0.39 is 0 Å². The molecule has 1 aromatic heterocycles. The first-order valence-corrected chi connectivity index (χ1v) is 8.69. The van der Waals surface area contributed by atoms with Gasteiger partial charge < -0.3 is 19.5 Å². The second kappa shape index (κ2) is 10.6. The van der Waals surface area contributed by atoms with Crippen molar-refractivity contribution >= 4 is 45.9 Å². The maximum Gasteiger partial charge on any atom is 0.193 e. The molecular formula is C16H28BrIN4O. The van der Waals surface area contributed by atoms with Crippen molar-refractivity contribution in [1.29, 1.82) is 0 Å². The lowest BCUT2D eigenvalue weighted by molar-refractivity contribution is 0.0643. The molecular weight excluding hydrogens is 471 g/mol. The van der Waals surface area contributed by atoms with Crippen molar-refractivity contribution in [2.24, 2.45) is 18.0 Å². The summed E-state index contributed by atoms with van der Waals surface area (Å²) in [6.07, 6.45) is 5.64. The largest absolute Gasteiger partial charge is 0.381 e. The summed E-state index contributed by atoms with van der Waals surface area (Å²) in [5.41, 5.74) is 1.25. The van der Waals surface area contributed by atoms with Gasteiger partial charge in [0.2, 0.25) is 0 Å². The molecule has 1 aromatic rings. The summed E-state index contributed by atoms with van der Waals surface area (Å²) in [4.78, 5) is 6.55. The van der Waals surface area contributed by atoms with Crippen LogP contribution < -0.4 is 5.32 Å². The molecule has 1 N–H and O–H groups in total. The molecule has 23 heavy (non-hydrogen) atoms. The van der Waals surface area contributed by atoms with E-state index in [1.54, 1.807) is 0 Å². The Morgan fingerprint density at radius 2 is 2.17 bits per heavy atom. The maximum absolute atomic E-state index is 5.41. The molecule has 1 fully saturated rings. The average molecular weight is 499 g/mol. The zero-order chi connectivity index (χ0) is 15.9. The van der Waals surface area contributed by atoms with E-state index in [1.807, 2.05) is 7.05 Å². The fourth-order valence-electron chi connectivity index (χ4n) is 2.85. The highest BCUT2D eigenvalue weighted by atomic mass is 127. The molecule has 0 amide bonds. The normalized spacial score (nSPS) is 16.1. The number of rotatable bonds is 5. The Bertz CT molecular complexity index is 500. The second-order valence-corrected chi connectivity index (χ2v) is 6.85. The highest BCUT2D eigenvalue weighted by Gasteiger charge is 2.14. The van der Waals surface area contributed by atoms with Crippen molar-refractivity contribution in [3.05, 3.63) is 22.4 Å². The fraction of sp³-hybridized carbons (Fsp3) is 0.688. The van der Waals surface area contributed by atoms with Crippen LogP contribution in [-0.2, 0) is 18.3 Å². The smallest absolute Gasteiger partial charge is 0.193 e. The Hall–Kier alpha value is -0.280. The van der Waals surface area contributed by atoms with E-state index in [0.29, 0.717) is 0 Å². The monoisotopic (exact) mass is 498 g/mol. The Morgan fingerprint density at radius 1 is 1.48 bits per heavy atom. The minimum Gasteiger partial charge on any atom is -0.381 e. The van der Waals surface area contributed by atoms with Gasteiger partial charge in [-0.05, 0) is 47.2 Å². The van der Waals surface area contributed by atoms with E-state index in [4.69, 9.17) is 4.74 Å². The standard InChI is InChI=1S/C16H27BrN4O.HI/c1-18-16(19-7-4-13-5-8-22-9-6-13)21(3)12-15-10-14(17)11-20(15)2;/h10-11,13H,4-9,12H2,1-3H3,(H,18,19);1H. The van der Waals surface area contributed by atoms with Crippen LogP contribution in [0.3, 0.4) is 0 Å². The number of aromatic nitrogens is 1. The van der Waals surface area contributed by atoms with E-state index >= 15 is 0 Å². The van der Waals surface area contributed by atoms with Gasteiger partial charge in [0.15, 0.2) is 5.96 Å². The number of halogens is 2. The number of nitrogens with one attached hydrogen (secondary N) is 1. The molecule has 7 heteroatoms. The zero-order valence-corrected chi connectivity index (χ0v) is 18.1. The Morgan fingerprint density at radius 3 is 2.74 bits per heavy atom. The third-order valence-electron chi connectivity index (χ3n) is 4.22. The van der Waals surface area contributed by atoms with Crippen LogP contribution in [0.1, 0.15) is 25.0 Å². The first-order chi connectivity index (χ1) is 10.6. The highest BCUT2D eigenvalue weighted by molar-refractivity contribution is 14.0. The predicted molar refractivity (Wildman–Crippen MR) is 110 cm³/mol. The van der Waals surface area contributed by atoms with Crippen LogP contribution in [0.2, 0.25) is 0 Å². The van der Waals surface area contributed by atoms with Gasteiger partial charge in [-0.15, -0.1) is 24.0 Å². The van der Waals surface area contributed by atoms with Crippen molar-refractivity contribution in [2.75, 3.05) is 33.9 Å². The van der Waals surface area contributed by atoms with Gasteiger partial charge in [-0.3, -0.25) is 4.99 Å². The van der Waals surface area contributed by atoms with Crippen LogP contribution in [0.25, 0.3) is 0 Å². The summed E-state index contributed by atoms with van der Waals surface area (Å²) in [5.74, 6) is 1.73. The van der Waals surface area contributed by atoms with E-state index in [9.17, 15) is 0 Å². The molecule has 0 atom stereocenters. The van der Waals surface area contributed by atoms with Crippen molar-refractivity contribution < 1.29 is 4.74 Å². The molecule has 0 saturated carbocycles. The lowest BCUT2D eigenvalue weighted by Gasteiger charge is -2.25. The Kier molecular flexibility index (Phi) is 9.53. The van der Waals surface area contributed by atoms with E-state index in [2.05, 4.69) is 62.1 Å². The van der Waals surface area contributed by atoms with Gasteiger partial charge in [-0.2, -0.15) is 0 Å². The van der Waals surface area contributed by atoms with Gasteiger partial charge in [0.1, 0.15) is 0 Å². The summed E-state index contributed by atoms with van der Waals surface area (Å²) in [5, 5.41) is 3.48. The zero-order valence-electron chi connectivity index (χ0n) is 14.2. The quantitative estimate of drug-likeness (QED) is 0.385. The van der Waals surface area contributed by atoms with Crippen molar-refractivity contribution in [1.82, 2.24) is 14.8 Å². The SMILES string of the molecule is CN=C(NCCC1CCOCC1)N(C)Cc1cc(Br)cn1C.I. The first kappa shape index (κ1) is 20.8. The van der Waals surface area contributed by atoms with Crippen LogP contribution in [0.15, 0.2) is 21.7 Å². The van der Waals surface area contributed by atoms with E-state index in [-0.39, 0.29) is 24.0 Å². The number of guanidine groups is 1. The minimum atomic E-state index is 0. The summed E-state index contributed by atoms with van der Waals surface area (Å²) in [6, 6.07) is 2.14. The molecule has 2 heterocycles. The second-order valence-electron chi connectivity index (χ2n) is 5.94. The summed E-state index contributed by atoms with van der Waals surface area (Å²) in [7, 11) is 5.98. The average Bonchev–Trinajstić information content (AvgIpc) is 2.82. The number of aliphatic imine (C=N–C) groups is 1. The summed E-state index contributed by atoms with van der Waals surface area (Å²) in [6.45, 7) is 3.64. The highest BCUT2D eigenvalue weighted by Crippen LogP contribution is 2.18. The van der Waals surface area contributed by atoms with Crippen molar-refractivity contribution in [3.63, 3.8) is 0 Å². The molecule has 132 valence electrons. The first-order valence-electron chi connectivity index (χ1n) is 7.90. The number of ether oxygens (including phenoxy) is 1. The van der Waals surface area contributed by atoms with Crippen LogP contribution >= 0.6 is 39.9 Å². The van der Waals surface area contributed by atoms with Gasteiger partial charge in [0.25, 0.3) is 0 Å². The molecule has 0 bridgehead atoms. The molecule has 1 aliphatic rings.